The molecule has 3 N–H and O–H groups in total. The predicted molar refractivity (Wildman–Crippen MR) is 112 cm³/mol. The van der Waals surface area contributed by atoms with Crippen molar-refractivity contribution in [2.45, 2.75) is 13.3 Å². The van der Waals surface area contributed by atoms with Gasteiger partial charge >= 0.3 is 0 Å². The van der Waals surface area contributed by atoms with Gasteiger partial charge in [-0.2, -0.15) is 4.98 Å². The van der Waals surface area contributed by atoms with Crippen LogP contribution in [-0.4, -0.2) is 27.3 Å². The van der Waals surface area contributed by atoms with Gasteiger partial charge in [-0.3, -0.25) is 4.79 Å². The van der Waals surface area contributed by atoms with E-state index < -0.39 is 0 Å². The number of benzene rings is 2. The smallest absolute Gasteiger partial charge is 0.229 e. The maximum absolute atomic E-state index is 11.5. The van der Waals surface area contributed by atoms with Gasteiger partial charge in [-0.25, -0.2) is 4.98 Å². The number of aromatic amines is 1. The van der Waals surface area contributed by atoms with Crippen molar-refractivity contribution in [1.29, 1.82) is 0 Å². The summed E-state index contributed by atoms with van der Waals surface area (Å²) < 4.78 is 0. The van der Waals surface area contributed by atoms with Crippen molar-refractivity contribution in [3.8, 4) is 0 Å². The summed E-state index contributed by atoms with van der Waals surface area (Å²) in [5.41, 5.74) is 3.86. The van der Waals surface area contributed by atoms with Crippen LogP contribution in [0.2, 0.25) is 0 Å². The number of hydrogen-bond acceptors (Lipinski definition) is 5. The first-order valence-corrected chi connectivity index (χ1v) is 9.19. The second-order valence-corrected chi connectivity index (χ2v) is 6.56. The summed E-state index contributed by atoms with van der Waals surface area (Å²) in [6, 6.07) is 17.4. The van der Waals surface area contributed by atoms with Gasteiger partial charge in [0.15, 0.2) is 5.78 Å². The molecule has 28 heavy (non-hydrogen) atoms. The Morgan fingerprint density at radius 2 is 2.00 bits per heavy atom. The number of Topliss-reactive ketones (excluding diaryl/α,β-unsaturated/α-hetero) is 1. The molecule has 6 heteroatoms. The van der Waals surface area contributed by atoms with Crippen LogP contribution in [0.4, 0.5) is 17.5 Å². The number of H-pyrrole nitrogens is 1. The van der Waals surface area contributed by atoms with E-state index in [2.05, 4.69) is 50.0 Å². The van der Waals surface area contributed by atoms with E-state index in [-0.39, 0.29) is 5.78 Å². The lowest BCUT2D eigenvalue weighted by Crippen LogP contribution is -2.07. The molecule has 2 aromatic carbocycles. The summed E-state index contributed by atoms with van der Waals surface area (Å²) in [6.07, 6.45) is 4.65. The Balaban J connectivity index is 1.40. The molecule has 0 amide bonds. The van der Waals surface area contributed by atoms with Crippen LogP contribution in [-0.2, 0) is 6.42 Å². The Labute approximate surface area is 163 Å². The number of carbonyl (C=O) groups excluding carboxylic acids is 1. The highest BCUT2D eigenvalue weighted by Crippen LogP contribution is 2.19. The van der Waals surface area contributed by atoms with Crippen molar-refractivity contribution in [3.63, 3.8) is 0 Å². The highest BCUT2D eigenvalue weighted by Gasteiger charge is 2.05. The van der Waals surface area contributed by atoms with E-state index in [0.29, 0.717) is 11.5 Å². The van der Waals surface area contributed by atoms with Crippen molar-refractivity contribution in [1.82, 2.24) is 15.0 Å². The average molecular weight is 371 g/mol. The lowest BCUT2D eigenvalue weighted by atomic mass is 10.1. The van der Waals surface area contributed by atoms with Crippen molar-refractivity contribution >= 4 is 34.1 Å². The lowest BCUT2D eigenvalue weighted by molar-refractivity contribution is 0.101. The Morgan fingerprint density at radius 3 is 2.89 bits per heavy atom. The molecule has 0 fully saturated rings. The van der Waals surface area contributed by atoms with E-state index in [1.165, 1.54) is 10.9 Å². The zero-order chi connectivity index (χ0) is 19.3. The van der Waals surface area contributed by atoms with Gasteiger partial charge in [-0.05, 0) is 43.2 Å². The Hall–Kier alpha value is -3.67. The van der Waals surface area contributed by atoms with Crippen molar-refractivity contribution < 1.29 is 4.79 Å². The Bertz CT molecular complexity index is 1120. The van der Waals surface area contributed by atoms with Crippen LogP contribution in [0.15, 0.2) is 67.0 Å². The van der Waals surface area contributed by atoms with E-state index in [1.807, 2.05) is 24.3 Å². The first-order chi connectivity index (χ1) is 13.7. The normalized spacial score (nSPS) is 10.8. The van der Waals surface area contributed by atoms with Crippen LogP contribution < -0.4 is 10.6 Å². The number of fused-ring (bicyclic) bond motifs is 1. The molecule has 140 valence electrons. The maximum Gasteiger partial charge on any atom is 0.229 e. The molecule has 0 bridgehead atoms. The molecule has 0 aliphatic carbocycles. The summed E-state index contributed by atoms with van der Waals surface area (Å²) in [5, 5.41) is 7.74. The maximum atomic E-state index is 11.5. The molecule has 0 saturated heterocycles. The SMILES string of the molecule is CC(=O)c1cccc(Nc2nccc(NCCc3c[nH]c4ccccc34)n2)c1. The number of para-hydroxylation sites is 1. The zero-order valence-corrected chi connectivity index (χ0v) is 15.6. The molecule has 0 aliphatic rings. The third-order valence-electron chi connectivity index (χ3n) is 4.56. The molecule has 0 spiro atoms. The minimum Gasteiger partial charge on any atom is -0.370 e. The molecule has 0 radical (unpaired) electrons. The molecule has 6 nitrogen and oxygen atoms in total. The van der Waals surface area contributed by atoms with Crippen LogP contribution in [0.3, 0.4) is 0 Å². The molecule has 4 rings (SSSR count). The quantitative estimate of drug-likeness (QED) is 0.415. The third kappa shape index (κ3) is 4.01. The molecule has 0 saturated carbocycles. The largest absolute Gasteiger partial charge is 0.370 e. The first-order valence-electron chi connectivity index (χ1n) is 9.19. The molecule has 4 aromatic rings. The molecule has 2 heterocycles. The van der Waals surface area contributed by atoms with Gasteiger partial charge in [-0.1, -0.05) is 30.3 Å². The summed E-state index contributed by atoms with van der Waals surface area (Å²) in [6.45, 7) is 2.31. The number of ketones is 1. The molecule has 0 unspecified atom stereocenters. The summed E-state index contributed by atoms with van der Waals surface area (Å²) in [7, 11) is 0. The molecule has 0 aliphatic heterocycles. The standard InChI is InChI=1S/C22H21N5O/c1-15(28)16-5-4-6-18(13-16)26-22-24-12-10-21(27-22)23-11-9-17-14-25-20-8-3-2-7-19(17)20/h2-8,10,12-14,25H,9,11H2,1H3,(H2,23,24,26,27). The van der Waals surface area contributed by atoms with E-state index in [9.17, 15) is 4.79 Å². The van der Waals surface area contributed by atoms with Gasteiger partial charge in [0.2, 0.25) is 5.95 Å². The van der Waals surface area contributed by atoms with Crippen LogP contribution in [0.5, 0.6) is 0 Å². The molecular formula is C22H21N5O. The van der Waals surface area contributed by atoms with Crippen LogP contribution in [0, 0.1) is 0 Å². The topological polar surface area (TPSA) is 82.7 Å². The van der Waals surface area contributed by atoms with Crippen molar-refractivity contribution in [2.75, 3.05) is 17.2 Å². The monoisotopic (exact) mass is 371 g/mol. The number of aromatic nitrogens is 3. The number of nitrogens with one attached hydrogen (secondary N) is 3. The van der Waals surface area contributed by atoms with Gasteiger partial charge < -0.3 is 15.6 Å². The van der Waals surface area contributed by atoms with E-state index in [4.69, 9.17) is 0 Å². The molecular weight excluding hydrogens is 350 g/mol. The highest BCUT2D eigenvalue weighted by molar-refractivity contribution is 5.95. The number of hydrogen-bond donors (Lipinski definition) is 3. The molecule has 2 aromatic heterocycles. The second-order valence-electron chi connectivity index (χ2n) is 6.56. The summed E-state index contributed by atoms with van der Waals surface area (Å²) in [4.78, 5) is 23.6. The number of nitrogens with zero attached hydrogens (tertiary/aromatic N) is 2. The van der Waals surface area contributed by atoms with E-state index in [1.54, 1.807) is 25.3 Å². The number of anilines is 3. The van der Waals surface area contributed by atoms with Gasteiger partial charge in [0.25, 0.3) is 0 Å². The Morgan fingerprint density at radius 1 is 1.11 bits per heavy atom. The minimum absolute atomic E-state index is 0.0252. The Kier molecular flexibility index (Phi) is 5.01. The van der Waals surface area contributed by atoms with Gasteiger partial charge in [-0.15, -0.1) is 0 Å². The minimum atomic E-state index is 0.0252. The van der Waals surface area contributed by atoms with Crippen molar-refractivity contribution in [2.24, 2.45) is 0 Å². The van der Waals surface area contributed by atoms with Crippen LogP contribution in [0.1, 0.15) is 22.8 Å². The third-order valence-corrected chi connectivity index (χ3v) is 4.56. The average Bonchev–Trinajstić information content (AvgIpc) is 3.12. The summed E-state index contributed by atoms with van der Waals surface area (Å²) in [5.74, 6) is 1.26. The van der Waals surface area contributed by atoms with Crippen LogP contribution in [0.25, 0.3) is 10.9 Å². The fourth-order valence-electron chi connectivity index (χ4n) is 3.13. The summed E-state index contributed by atoms with van der Waals surface area (Å²) >= 11 is 0. The van der Waals surface area contributed by atoms with Gasteiger partial charge in [0.1, 0.15) is 5.82 Å². The fraction of sp³-hybridized carbons (Fsp3) is 0.136. The number of carbonyl (C=O) groups is 1. The lowest BCUT2D eigenvalue weighted by Gasteiger charge is -2.09. The predicted octanol–water partition coefficient (Wildman–Crippen LogP) is 4.56. The van der Waals surface area contributed by atoms with Crippen molar-refractivity contribution in [3.05, 3.63) is 78.1 Å². The zero-order valence-electron chi connectivity index (χ0n) is 15.6. The van der Waals surface area contributed by atoms with Crippen LogP contribution >= 0.6 is 0 Å². The second kappa shape index (κ2) is 7.92. The highest BCUT2D eigenvalue weighted by atomic mass is 16.1. The van der Waals surface area contributed by atoms with E-state index >= 15 is 0 Å². The molecule has 0 atom stereocenters. The van der Waals surface area contributed by atoms with Gasteiger partial charge in [0, 0.05) is 41.1 Å². The van der Waals surface area contributed by atoms with E-state index in [0.717, 1.165) is 30.0 Å². The number of rotatable bonds is 7. The van der Waals surface area contributed by atoms with Gasteiger partial charge in [0.05, 0.1) is 0 Å². The fourth-order valence-corrected chi connectivity index (χ4v) is 3.13. The first kappa shape index (κ1) is 17.7.